The molecule has 0 saturated carbocycles. The highest BCUT2D eigenvalue weighted by molar-refractivity contribution is 7.13. The zero-order valence-electron chi connectivity index (χ0n) is 13.0. The van der Waals surface area contributed by atoms with Crippen molar-refractivity contribution in [2.24, 2.45) is 0 Å². The molecule has 3 aromatic rings. The number of hydrogen-bond acceptors (Lipinski definition) is 3. The highest BCUT2D eigenvalue weighted by Crippen LogP contribution is 2.26. The van der Waals surface area contributed by atoms with Crippen LogP contribution in [0.1, 0.15) is 11.3 Å². The predicted molar refractivity (Wildman–Crippen MR) is 99.6 cm³/mol. The van der Waals surface area contributed by atoms with Crippen LogP contribution in [0.2, 0.25) is 5.02 Å². The lowest BCUT2D eigenvalue weighted by Crippen LogP contribution is -2.28. The molecule has 0 unspecified atom stereocenters. The molecule has 4 nitrogen and oxygen atoms in total. The van der Waals surface area contributed by atoms with Crippen LogP contribution in [0.25, 0.3) is 10.6 Å². The smallest absolute Gasteiger partial charge is 0.319 e. The van der Waals surface area contributed by atoms with Crippen LogP contribution in [0.15, 0.2) is 53.9 Å². The van der Waals surface area contributed by atoms with Gasteiger partial charge < -0.3 is 10.6 Å². The lowest BCUT2D eigenvalue weighted by molar-refractivity contribution is 0.251. The van der Waals surface area contributed by atoms with Crippen molar-refractivity contribution in [3.8, 4) is 10.6 Å². The van der Waals surface area contributed by atoms with Crippen molar-refractivity contribution in [2.45, 2.75) is 13.5 Å². The predicted octanol–water partition coefficient (Wildman–Crippen LogP) is 5.09. The van der Waals surface area contributed by atoms with Crippen LogP contribution < -0.4 is 10.6 Å². The summed E-state index contributed by atoms with van der Waals surface area (Å²) in [7, 11) is 0. The number of carbonyl (C=O) groups is 1. The molecule has 0 spiro atoms. The number of aromatic nitrogens is 1. The van der Waals surface area contributed by atoms with Gasteiger partial charge in [-0.25, -0.2) is 9.78 Å². The Bertz CT molecular complexity index is 845. The van der Waals surface area contributed by atoms with E-state index in [1.807, 2.05) is 17.5 Å². The number of halogens is 1. The molecule has 0 bridgehead atoms. The normalized spacial score (nSPS) is 10.4. The van der Waals surface area contributed by atoms with E-state index in [4.69, 9.17) is 11.6 Å². The lowest BCUT2D eigenvalue weighted by atomic mass is 10.1. The summed E-state index contributed by atoms with van der Waals surface area (Å²) in [6, 6.07) is 14.8. The second-order valence-corrected chi connectivity index (χ2v) is 6.57. The summed E-state index contributed by atoms with van der Waals surface area (Å²) >= 11 is 7.39. The van der Waals surface area contributed by atoms with E-state index in [2.05, 4.69) is 34.7 Å². The molecular weight excluding hydrogens is 342 g/mol. The largest absolute Gasteiger partial charge is 0.332 e. The van der Waals surface area contributed by atoms with Gasteiger partial charge in [-0.15, -0.1) is 11.3 Å². The Morgan fingerprint density at radius 1 is 1.17 bits per heavy atom. The molecule has 0 radical (unpaired) electrons. The van der Waals surface area contributed by atoms with Crippen LogP contribution in [-0.2, 0) is 6.54 Å². The Kier molecular flexibility index (Phi) is 5.13. The summed E-state index contributed by atoms with van der Waals surface area (Å²) in [5, 5.41) is 9.11. The van der Waals surface area contributed by atoms with E-state index in [9.17, 15) is 4.79 Å². The molecule has 0 saturated heterocycles. The van der Waals surface area contributed by atoms with Crippen LogP contribution in [0.3, 0.4) is 0 Å². The van der Waals surface area contributed by atoms with E-state index in [0.717, 1.165) is 16.3 Å². The second kappa shape index (κ2) is 7.47. The van der Waals surface area contributed by atoms with Crippen LogP contribution >= 0.6 is 22.9 Å². The first kappa shape index (κ1) is 16.5. The first-order valence-corrected chi connectivity index (χ1v) is 8.68. The maximum Gasteiger partial charge on any atom is 0.319 e. The fourth-order valence-corrected chi connectivity index (χ4v) is 3.24. The standard InChI is InChI=1S/C18H16ClN3OS/c1-12-4-2-3-5-16(12)17-21-15(11-24-17)10-20-18(23)22-14-8-6-13(19)7-9-14/h2-9,11H,10H2,1H3,(H2,20,22,23). The zero-order valence-corrected chi connectivity index (χ0v) is 14.6. The van der Waals surface area contributed by atoms with Crippen molar-refractivity contribution in [1.82, 2.24) is 10.3 Å². The summed E-state index contributed by atoms with van der Waals surface area (Å²) in [5.41, 5.74) is 3.84. The third-order valence-corrected chi connectivity index (χ3v) is 4.64. The second-order valence-electron chi connectivity index (χ2n) is 5.27. The van der Waals surface area contributed by atoms with Crippen LogP contribution in [0.4, 0.5) is 10.5 Å². The number of urea groups is 1. The van der Waals surface area contributed by atoms with Gasteiger partial charge in [0.15, 0.2) is 0 Å². The number of aryl methyl sites for hydroxylation is 1. The summed E-state index contributed by atoms with van der Waals surface area (Å²) in [6.07, 6.45) is 0. The van der Waals surface area contributed by atoms with Crippen molar-refractivity contribution >= 4 is 34.7 Å². The fraction of sp³-hybridized carbons (Fsp3) is 0.111. The number of benzene rings is 2. The number of thiazole rings is 1. The molecule has 0 atom stereocenters. The van der Waals surface area contributed by atoms with E-state index in [1.165, 1.54) is 5.56 Å². The summed E-state index contributed by atoms with van der Waals surface area (Å²) in [6.45, 7) is 2.44. The first-order chi connectivity index (χ1) is 11.6. The van der Waals surface area contributed by atoms with Crippen LogP contribution in [0, 0.1) is 6.92 Å². The van der Waals surface area contributed by atoms with Crippen molar-refractivity contribution in [1.29, 1.82) is 0 Å². The van der Waals surface area contributed by atoms with Gasteiger partial charge in [0, 0.05) is 21.7 Å². The summed E-state index contributed by atoms with van der Waals surface area (Å²) in [4.78, 5) is 16.5. The van der Waals surface area contributed by atoms with Gasteiger partial charge in [0.05, 0.1) is 12.2 Å². The topological polar surface area (TPSA) is 54.0 Å². The minimum atomic E-state index is -0.275. The molecule has 1 aromatic heterocycles. The molecule has 0 aliphatic heterocycles. The van der Waals surface area contributed by atoms with E-state index in [0.29, 0.717) is 17.3 Å². The number of carbonyl (C=O) groups excluding carboxylic acids is 1. The minimum Gasteiger partial charge on any atom is -0.332 e. The average molecular weight is 358 g/mol. The Hall–Kier alpha value is -2.37. The quantitative estimate of drug-likeness (QED) is 0.683. The molecule has 2 amide bonds. The van der Waals surface area contributed by atoms with E-state index >= 15 is 0 Å². The van der Waals surface area contributed by atoms with Crippen molar-refractivity contribution in [3.05, 3.63) is 70.2 Å². The third-order valence-electron chi connectivity index (χ3n) is 3.46. The Morgan fingerprint density at radius 2 is 1.92 bits per heavy atom. The Labute approximate surface area is 149 Å². The number of hydrogen-bond donors (Lipinski definition) is 2. The molecule has 3 rings (SSSR count). The summed E-state index contributed by atoms with van der Waals surface area (Å²) in [5.74, 6) is 0. The average Bonchev–Trinajstić information content (AvgIpc) is 3.04. The van der Waals surface area contributed by atoms with Gasteiger partial charge in [0.1, 0.15) is 5.01 Å². The minimum absolute atomic E-state index is 0.275. The Balaban J connectivity index is 1.58. The van der Waals surface area contributed by atoms with Crippen LogP contribution in [0.5, 0.6) is 0 Å². The van der Waals surface area contributed by atoms with Gasteiger partial charge in [-0.05, 0) is 36.8 Å². The van der Waals surface area contributed by atoms with Crippen LogP contribution in [-0.4, -0.2) is 11.0 Å². The van der Waals surface area contributed by atoms with Gasteiger partial charge in [-0.2, -0.15) is 0 Å². The monoisotopic (exact) mass is 357 g/mol. The molecule has 0 aliphatic carbocycles. The van der Waals surface area contributed by atoms with E-state index < -0.39 is 0 Å². The third kappa shape index (κ3) is 4.13. The van der Waals surface area contributed by atoms with E-state index in [-0.39, 0.29) is 6.03 Å². The first-order valence-electron chi connectivity index (χ1n) is 7.42. The molecule has 0 fully saturated rings. The molecule has 2 aromatic carbocycles. The number of nitrogens with zero attached hydrogens (tertiary/aromatic N) is 1. The van der Waals surface area contributed by atoms with Crippen molar-refractivity contribution in [3.63, 3.8) is 0 Å². The van der Waals surface area contributed by atoms with Gasteiger partial charge in [0.2, 0.25) is 0 Å². The molecule has 1 heterocycles. The highest BCUT2D eigenvalue weighted by atomic mass is 35.5. The number of rotatable bonds is 4. The van der Waals surface area contributed by atoms with Gasteiger partial charge >= 0.3 is 6.03 Å². The van der Waals surface area contributed by atoms with Gasteiger partial charge in [-0.3, -0.25) is 0 Å². The molecule has 0 aliphatic rings. The zero-order chi connectivity index (χ0) is 16.9. The molecule has 2 N–H and O–H groups in total. The maximum atomic E-state index is 11.9. The number of nitrogens with one attached hydrogen (secondary N) is 2. The number of amides is 2. The highest BCUT2D eigenvalue weighted by Gasteiger charge is 2.08. The van der Waals surface area contributed by atoms with Crippen molar-refractivity contribution < 1.29 is 4.79 Å². The SMILES string of the molecule is Cc1ccccc1-c1nc(CNC(=O)Nc2ccc(Cl)cc2)cs1. The fourth-order valence-electron chi connectivity index (χ4n) is 2.20. The Morgan fingerprint density at radius 3 is 2.67 bits per heavy atom. The molecule has 6 heteroatoms. The van der Waals surface area contributed by atoms with Crippen molar-refractivity contribution in [2.75, 3.05) is 5.32 Å². The van der Waals surface area contributed by atoms with Gasteiger partial charge in [-0.1, -0.05) is 35.9 Å². The van der Waals surface area contributed by atoms with E-state index in [1.54, 1.807) is 35.6 Å². The number of anilines is 1. The summed E-state index contributed by atoms with van der Waals surface area (Å²) < 4.78 is 0. The molecule has 24 heavy (non-hydrogen) atoms. The maximum absolute atomic E-state index is 11.9. The molecule has 122 valence electrons. The lowest BCUT2D eigenvalue weighted by Gasteiger charge is -2.06. The molecular formula is C18H16ClN3OS. The van der Waals surface area contributed by atoms with Gasteiger partial charge in [0.25, 0.3) is 0 Å².